The minimum Gasteiger partial charge on any atom is -0.326 e. The smallest absolute Gasteiger partial charge is 0.238 e. The molecule has 0 atom stereocenters. The Morgan fingerprint density at radius 1 is 0.857 bits per heavy atom. The number of aryl methyl sites for hydroxylation is 3. The molecule has 2 N–H and O–H groups in total. The maximum Gasteiger partial charge on any atom is 0.238 e. The summed E-state index contributed by atoms with van der Waals surface area (Å²) in [5.41, 5.74) is 5.12. The Morgan fingerprint density at radius 2 is 1.46 bits per heavy atom. The van der Waals surface area contributed by atoms with Gasteiger partial charge in [0.15, 0.2) is 0 Å². The molecule has 0 bridgehead atoms. The monoisotopic (exact) mass is 379 g/mol. The first-order valence-electron chi connectivity index (χ1n) is 9.87. The SMILES string of the molecule is Cc1ccc(NC(=O)C2CCN(CC(=O)Nc3cc(C)cc(C)c3)CC2)cc1. The zero-order chi connectivity index (χ0) is 20.1. The van der Waals surface area contributed by atoms with E-state index in [9.17, 15) is 9.59 Å². The van der Waals surface area contributed by atoms with Crippen LogP contribution in [0.25, 0.3) is 0 Å². The van der Waals surface area contributed by atoms with E-state index in [0.717, 1.165) is 48.4 Å². The molecule has 0 radical (unpaired) electrons. The normalized spacial score (nSPS) is 15.2. The van der Waals surface area contributed by atoms with E-state index in [1.165, 1.54) is 5.56 Å². The summed E-state index contributed by atoms with van der Waals surface area (Å²) in [6.45, 7) is 7.94. The molecule has 5 nitrogen and oxygen atoms in total. The van der Waals surface area contributed by atoms with E-state index < -0.39 is 0 Å². The fourth-order valence-electron chi connectivity index (χ4n) is 3.68. The molecule has 0 unspecified atom stereocenters. The molecule has 0 saturated carbocycles. The third-order valence-electron chi connectivity index (χ3n) is 5.15. The van der Waals surface area contributed by atoms with Gasteiger partial charge in [-0.1, -0.05) is 23.8 Å². The number of rotatable bonds is 5. The van der Waals surface area contributed by atoms with Crippen molar-refractivity contribution in [3.63, 3.8) is 0 Å². The van der Waals surface area contributed by atoms with E-state index in [4.69, 9.17) is 0 Å². The summed E-state index contributed by atoms with van der Waals surface area (Å²) in [5, 5.41) is 5.98. The van der Waals surface area contributed by atoms with Crippen molar-refractivity contribution in [2.75, 3.05) is 30.3 Å². The first kappa shape index (κ1) is 20.1. The molecule has 28 heavy (non-hydrogen) atoms. The number of hydrogen-bond donors (Lipinski definition) is 2. The van der Waals surface area contributed by atoms with Crippen molar-refractivity contribution < 1.29 is 9.59 Å². The first-order valence-corrected chi connectivity index (χ1v) is 9.87. The molecule has 2 aromatic carbocycles. The molecule has 5 heteroatoms. The molecule has 3 rings (SSSR count). The van der Waals surface area contributed by atoms with Crippen molar-refractivity contribution in [1.82, 2.24) is 4.90 Å². The van der Waals surface area contributed by atoms with Crippen molar-refractivity contribution in [3.8, 4) is 0 Å². The molecule has 1 fully saturated rings. The molecule has 1 aliphatic rings. The number of likely N-dealkylation sites (tertiary alicyclic amines) is 1. The van der Waals surface area contributed by atoms with Crippen LogP contribution in [0.5, 0.6) is 0 Å². The molecular weight excluding hydrogens is 350 g/mol. The van der Waals surface area contributed by atoms with E-state index in [0.29, 0.717) is 6.54 Å². The first-order chi connectivity index (χ1) is 13.4. The fraction of sp³-hybridized carbons (Fsp3) is 0.391. The third-order valence-corrected chi connectivity index (χ3v) is 5.15. The van der Waals surface area contributed by atoms with Crippen molar-refractivity contribution in [3.05, 3.63) is 59.2 Å². The summed E-state index contributed by atoms with van der Waals surface area (Å²) < 4.78 is 0. The minimum absolute atomic E-state index is 0.0000341. The molecule has 1 saturated heterocycles. The predicted octanol–water partition coefficient (Wildman–Crippen LogP) is 3.90. The Morgan fingerprint density at radius 3 is 2.07 bits per heavy atom. The number of anilines is 2. The quantitative estimate of drug-likeness (QED) is 0.828. The second-order valence-corrected chi connectivity index (χ2v) is 7.83. The van der Waals surface area contributed by atoms with Gasteiger partial charge in [0.1, 0.15) is 0 Å². The van der Waals surface area contributed by atoms with Gasteiger partial charge in [0.2, 0.25) is 11.8 Å². The molecular formula is C23H29N3O2. The molecule has 1 heterocycles. The van der Waals surface area contributed by atoms with Gasteiger partial charge in [-0.25, -0.2) is 0 Å². The number of amides is 2. The van der Waals surface area contributed by atoms with Gasteiger partial charge in [-0.3, -0.25) is 14.5 Å². The van der Waals surface area contributed by atoms with Crippen LogP contribution >= 0.6 is 0 Å². The second kappa shape index (κ2) is 9.02. The highest BCUT2D eigenvalue weighted by atomic mass is 16.2. The summed E-state index contributed by atoms with van der Waals surface area (Å²) in [7, 11) is 0. The largest absolute Gasteiger partial charge is 0.326 e. The highest BCUT2D eigenvalue weighted by Gasteiger charge is 2.26. The van der Waals surface area contributed by atoms with Gasteiger partial charge >= 0.3 is 0 Å². The number of carbonyl (C=O) groups is 2. The van der Waals surface area contributed by atoms with Crippen LogP contribution in [0.4, 0.5) is 11.4 Å². The van der Waals surface area contributed by atoms with Crippen LogP contribution in [0, 0.1) is 26.7 Å². The molecule has 1 aliphatic heterocycles. The van der Waals surface area contributed by atoms with Gasteiger partial charge in [-0.15, -0.1) is 0 Å². The maximum absolute atomic E-state index is 12.5. The lowest BCUT2D eigenvalue weighted by Crippen LogP contribution is -2.41. The van der Waals surface area contributed by atoms with Crippen LogP contribution < -0.4 is 10.6 Å². The molecule has 0 aromatic heterocycles. The highest BCUT2D eigenvalue weighted by Crippen LogP contribution is 2.20. The Hall–Kier alpha value is -2.66. The van der Waals surface area contributed by atoms with E-state index in [-0.39, 0.29) is 17.7 Å². The lowest BCUT2D eigenvalue weighted by molar-refractivity contribution is -0.121. The lowest BCUT2D eigenvalue weighted by atomic mass is 9.95. The average Bonchev–Trinajstić information content (AvgIpc) is 2.63. The van der Waals surface area contributed by atoms with E-state index in [1.807, 2.05) is 57.2 Å². The van der Waals surface area contributed by atoms with E-state index in [2.05, 4.69) is 21.6 Å². The Balaban J connectivity index is 1.45. The van der Waals surface area contributed by atoms with Crippen molar-refractivity contribution in [2.45, 2.75) is 33.6 Å². The zero-order valence-electron chi connectivity index (χ0n) is 16.9. The van der Waals surface area contributed by atoms with Crippen molar-refractivity contribution >= 4 is 23.2 Å². The highest BCUT2D eigenvalue weighted by molar-refractivity contribution is 5.93. The summed E-state index contributed by atoms with van der Waals surface area (Å²) in [4.78, 5) is 27.0. The van der Waals surface area contributed by atoms with Gasteiger partial charge < -0.3 is 10.6 Å². The molecule has 2 amide bonds. The lowest BCUT2D eigenvalue weighted by Gasteiger charge is -2.30. The third kappa shape index (κ3) is 5.67. The van der Waals surface area contributed by atoms with Gasteiger partial charge in [0.25, 0.3) is 0 Å². The topological polar surface area (TPSA) is 61.4 Å². The minimum atomic E-state index is -0.00689. The van der Waals surface area contributed by atoms with E-state index >= 15 is 0 Å². The average molecular weight is 380 g/mol. The van der Waals surface area contributed by atoms with Gasteiger partial charge in [0.05, 0.1) is 6.54 Å². The summed E-state index contributed by atoms with van der Waals surface area (Å²) in [6, 6.07) is 13.9. The van der Waals surface area contributed by atoms with Crippen molar-refractivity contribution in [1.29, 1.82) is 0 Å². The standard InChI is InChI=1S/C23H29N3O2/c1-16-4-6-20(7-5-16)25-23(28)19-8-10-26(11-9-19)15-22(27)24-21-13-17(2)12-18(3)14-21/h4-7,12-14,19H,8-11,15H2,1-3H3,(H,24,27)(H,25,28). The summed E-state index contributed by atoms with van der Waals surface area (Å²) >= 11 is 0. The number of nitrogens with zero attached hydrogens (tertiary/aromatic N) is 1. The number of carbonyl (C=O) groups excluding carboxylic acids is 2. The Bertz CT molecular complexity index is 817. The van der Waals surface area contributed by atoms with Crippen molar-refractivity contribution in [2.24, 2.45) is 5.92 Å². The van der Waals surface area contributed by atoms with Crippen LogP contribution in [0.15, 0.2) is 42.5 Å². The van der Waals surface area contributed by atoms with Crippen LogP contribution in [0.2, 0.25) is 0 Å². The Kier molecular flexibility index (Phi) is 6.47. The number of nitrogens with one attached hydrogen (secondary N) is 2. The fourth-order valence-corrected chi connectivity index (χ4v) is 3.68. The predicted molar refractivity (Wildman–Crippen MR) is 114 cm³/mol. The van der Waals surface area contributed by atoms with Gasteiger partial charge in [-0.05, 0) is 82.1 Å². The van der Waals surface area contributed by atoms with Gasteiger partial charge in [0, 0.05) is 17.3 Å². The van der Waals surface area contributed by atoms with Crippen LogP contribution in [-0.4, -0.2) is 36.3 Å². The molecule has 2 aromatic rings. The number of hydrogen-bond acceptors (Lipinski definition) is 3. The maximum atomic E-state index is 12.5. The van der Waals surface area contributed by atoms with E-state index in [1.54, 1.807) is 0 Å². The molecule has 148 valence electrons. The summed E-state index contributed by atoms with van der Waals surface area (Å²) in [5.74, 6) is 0.0655. The summed E-state index contributed by atoms with van der Waals surface area (Å²) in [6.07, 6.45) is 1.54. The van der Waals surface area contributed by atoms with Crippen LogP contribution in [-0.2, 0) is 9.59 Å². The number of benzene rings is 2. The number of piperidine rings is 1. The molecule has 0 spiro atoms. The van der Waals surface area contributed by atoms with Gasteiger partial charge in [-0.2, -0.15) is 0 Å². The molecule has 0 aliphatic carbocycles. The van der Waals surface area contributed by atoms with Crippen LogP contribution in [0.3, 0.4) is 0 Å². The van der Waals surface area contributed by atoms with Crippen LogP contribution in [0.1, 0.15) is 29.5 Å². The Labute approximate surface area is 167 Å². The zero-order valence-corrected chi connectivity index (χ0v) is 16.9. The second-order valence-electron chi connectivity index (χ2n) is 7.83.